The molecule has 0 saturated carbocycles. The lowest BCUT2D eigenvalue weighted by atomic mass is 10.1. The largest absolute Gasteiger partial charge is 0.372 e. The summed E-state index contributed by atoms with van der Waals surface area (Å²) in [6.07, 6.45) is 3.96. The molecule has 0 radical (unpaired) electrons. The smallest absolute Gasteiger partial charge is 0.193 e. The van der Waals surface area contributed by atoms with E-state index in [1.165, 1.54) is 38.0 Å². The highest BCUT2D eigenvalue weighted by atomic mass is 15.1. The van der Waals surface area contributed by atoms with Crippen molar-refractivity contribution in [2.24, 2.45) is 16.6 Å². The van der Waals surface area contributed by atoms with Crippen LogP contribution in [0.2, 0.25) is 0 Å². The molecule has 0 atom stereocenters. The predicted molar refractivity (Wildman–Crippen MR) is 87.5 cm³/mol. The number of rotatable bonds is 4. The Kier molecular flexibility index (Phi) is 5.27. The average molecular weight is 274 g/mol. The van der Waals surface area contributed by atoms with Crippen LogP contribution in [0.5, 0.6) is 0 Å². The summed E-state index contributed by atoms with van der Waals surface area (Å²) >= 11 is 0. The molecule has 1 heterocycles. The predicted octanol–water partition coefficient (Wildman–Crippen LogP) is 3.06. The Bertz CT molecular complexity index is 430. The van der Waals surface area contributed by atoms with E-state index in [0.717, 1.165) is 12.2 Å². The van der Waals surface area contributed by atoms with E-state index in [0.29, 0.717) is 11.9 Å². The minimum atomic E-state index is 0.490. The van der Waals surface area contributed by atoms with E-state index < -0.39 is 0 Å². The van der Waals surface area contributed by atoms with Gasteiger partial charge in [-0.1, -0.05) is 13.8 Å². The molecular weight excluding hydrogens is 248 g/mol. The van der Waals surface area contributed by atoms with E-state index >= 15 is 0 Å². The van der Waals surface area contributed by atoms with Crippen LogP contribution >= 0.6 is 0 Å². The summed E-state index contributed by atoms with van der Waals surface area (Å²) < 4.78 is 0. The lowest BCUT2D eigenvalue weighted by Gasteiger charge is -2.28. The molecule has 1 fully saturated rings. The molecule has 0 spiro atoms. The van der Waals surface area contributed by atoms with Gasteiger partial charge in [-0.05, 0) is 49.4 Å². The van der Waals surface area contributed by atoms with E-state index in [4.69, 9.17) is 5.73 Å². The lowest BCUT2D eigenvalue weighted by Crippen LogP contribution is -2.29. The molecule has 0 amide bonds. The van der Waals surface area contributed by atoms with Crippen LogP contribution in [0.15, 0.2) is 29.3 Å². The molecule has 1 saturated heterocycles. The van der Waals surface area contributed by atoms with Crippen molar-refractivity contribution >= 4 is 17.3 Å². The Balaban J connectivity index is 1.92. The Labute approximate surface area is 122 Å². The third-order valence-electron chi connectivity index (χ3n) is 3.49. The third-order valence-corrected chi connectivity index (χ3v) is 3.49. The van der Waals surface area contributed by atoms with Crippen LogP contribution in [0, 0.1) is 5.92 Å². The van der Waals surface area contributed by atoms with Gasteiger partial charge in [0.15, 0.2) is 5.96 Å². The van der Waals surface area contributed by atoms with E-state index in [9.17, 15) is 0 Å². The number of guanidine groups is 1. The van der Waals surface area contributed by atoms with Gasteiger partial charge in [0, 0.05) is 31.0 Å². The van der Waals surface area contributed by atoms with Crippen molar-refractivity contribution in [1.29, 1.82) is 0 Å². The highest BCUT2D eigenvalue weighted by Gasteiger charge is 2.10. The first-order chi connectivity index (χ1) is 9.65. The van der Waals surface area contributed by atoms with Crippen LogP contribution in [0.3, 0.4) is 0 Å². The third kappa shape index (κ3) is 4.44. The van der Waals surface area contributed by atoms with Crippen LogP contribution in [0.25, 0.3) is 0 Å². The summed E-state index contributed by atoms with van der Waals surface area (Å²) in [5, 5.41) is 3.14. The van der Waals surface area contributed by atoms with Gasteiger partial charge in [-0.25, -0.2) is 0 Å². The molecule has 3 N–H and O–H groups in total. The molecule has 4 nitrogen and oxygen atoms in total. The van der Waals surface area contributed by atoms with Gasteiger partial charge in [-0.2, -0.15) is 0 Å². The number of benzene rings is 1. The van der Waals surface area contributed by atoms with Crippen molar-refractivity contribution in [1.82, 2.24) is 0 Å². The van der Waals surface area contributed by atoms with Crippen LogP contribution in [0.1, 0.15) is 33.1 Å². The van der Waals surface area contributed by atoms with Crippen LogP contribution < -0.4 is 16.0 Å². The lowest BCUT2D eigenvalue weighted by molar-refractivity contribution is 0.578. The quantitative estimate of drug-likeness (QED) is 0.655. The van der Waals surface area contributed by atoms with Crippen molar-refractivity contribution < 1.29 is 0 Å². The Morgan fingerprint density at radius 1 is 1.20 bits per heavy atom. The monoisotopic (exact) mass is 274 g/mol. The molecule has 2 rings (SSSR count). The van der Waals surface area contributed by atoms with E-state index in [-0.39, 0.29) is 0 Å². The molecule has 1 aliphatic heterocycles. The number of nitrogens with zero attached hydrogens (tertiary/aromatic N) is 2. The molecule has 0 unspecified atom stereocenters. The maximum Gasteiger partial charge on any atom is 0.193 e. The second-order valence-corrected chi connectivity index (χ2v) is 5.84. The fourth-order valence-corrected chi connectivity index (χ4v) is 2.38. The molecule has 1 aromatic rings. The van der Waals surface area contributed by atoms with Crippen LogP contribution in [0.4, 0.5) is 11.4 Å². The van der Waals surface area contributed by atoms with Crippen molar-refractivity contribution in [2.75, 3.05) is 29.9 Å². The Morgan fingerprint density at radius 3 is 2.45 bits per heavy atom. The number of nitrogens with two attached hydrogens (primary N) is 1. The average Bonchev–Trinajstić information content (AvgIpc) is 2.47. The van der Waals surface area contributed by atoms with Gasteiger partial charge in [-0.15, -0.1) is 0 Å². The number of piperidine rings is 1. The van der Waals surface area contributed by atoms with Gasteiger partial charge in [0.2, 0.25) is 0 Å². The maximum absolute atomic E-state index is 5.86. The standard InChI is InChI=1S/C16H26N4/c1-13(2)12-18-16(17)19-14-6-8-15(9-7-14)20-10-4-3-5-11-20/h6-9,13H,3-5,10-12H2,1-2H3,(H3,17,18,19). The zero-order chi connectivity index (χ0) is 14.4. The van der Waals surface area contributed by atoms with Crippen molar-refractivity contribution in [3.05, 3.63) is 24.3 Å². The molecule has 20 heavy (non-hydrogen) atoms. The fraction of sp³-hybridized carbons (Fsp3) is 0.562. The SMILES string of the molecule is CC(C)CN=C(N)Nc1ccc(N2CCCCC2)cc1. The molecule has 1 aliphatic rings. The number of anilines is 2. The second kappa shape index (κ2) is 7.17. The van der Waals surface area contributed by atoms with Crippen molar-refractivity contribution in [3.8, 4) is 0 Å². The van der Waals surface area contributed by atoms with E-state index in [2.05, 4.69) is 53.3 Å². The highest BCUT2D eigenvalue weighted by Crippen LogP contribution is 2.21. The zero-order valence-corrected chi connectivity index (χ0v) is 12.6. The molecule has 0 aliphatic carbocycles. The van der Waals surface area contributed by atoms with Gasteiger partial charge in [-0.3, -0.25) is 4.99 Å². The molecular formula is C16H26N4. The minimum Gasteiger partial charge on any atom is -0.372 e. The summed E-state index contributed by atoms with van der Waals surface area (Å²) in [5.74, 6) is 1.02. The molecule has 110 valence electrons. The summed E-state index contributed by atoms with van der Waals surface area (Å²) in [7, 11) is 0. The fourth-order valence-electron chi connectivity index (χ4n) is 2.38. The first-order valence-electron chi connectivity index (χ1n) is 7.57. The molecule has 1 aromatic carbocycles. The first-order valence-corrected chi connectivity index (χ1v) is 7.57. The van der Waals surface area contributed by atoms with Crippen molar-refractivity contribution in [3.63, 3.8) is 0 Å². The Hall–Kier alpha value is -1.71. The number of hydrogen-bond donors (Lipinski definition) is 2. The van der Waals surface area contributed by atoms with Gasteiger partial charge >= 0.3 is 0 Å². The minimum absolute atomic E-state index is 0.490. The summed E-state index contributed by atoms with van der Waals surface area (Å²) in [5.41, 5.74) is 8.16. The van der Waals surface area contributed by atoms with Gasteiger partial charge in [0.1, 0.15) is 0 Å². The number of nitrogens with one attached hydrogen (secondary N) is 1. The Morgan fingerprint density at radius 2 is 1.85 bits per heavy atom. The maximum atomic E-state index is 5.86. The summed E-state index contributed by atoms with van der Waals surface area (Å²) in [6.45, 7) is 7.36. The summed E-state index contributed by atoms with van der Waals surface area (Å²) in [4.78, 5) is 6.75. The number of aliphatic imine (C=N–C) groups is 1. The molecule has 0 bridgehead atoms. The normalized spacial score (nSPS) is 16.6. The van der Waals surface area contributed by atoms with Crippen LogP contribution in [-0.2, 0) is 0 Å². The van der Waals surface area contributed by atoms with E-state index in [1.807, 2.05) is 0 Å². The first kappa shape index (κ1) is 14.7. The van der Waals surface area contributed by atoms with Gasteiger partial charge in [0.25, 0.3) is 0 Å². The van der Waals surface area contributed by atoms with Crippen LogP contribution in [-0.4, -0.2) is 25.6 Å². The molecule has 0 aromatic heterocycles. The second-order valence-electron chi connectivity index (χ2n) is 5.84. The number of hydrogen-bond acceptors (Lipinski definition) is 2. The topological polar surface area (TPSA) is 53.6 Å². The van der Waals surface area contributed by atoms with Gasteiger partial charge in [0.05, 0.1) is 0 Å². The zero-order valence-electron chi connectivity index (χ0n) is 12.6. The van der Waals surface area contributed by atoms with E-state index in [1.54, 1.807) is 0 Å². The van der Waals surface area contributed by atoms with Gasteiger partial charge < -0.3 is 16.0 Å². The summed E-state index contributed by atoms with van der Waals surface area (Å²) in [6, 6.07) is 8.45. The highest BCUT2D eigenvalue weighted by molar-refractivity contribution is 5.92. The van der Waals surface area contributed by atoms with Crippen molar-refractivity contribution in [2.45, 2.75) is 33.1 Å². The molecule has 4 heteroatoms.